The minimum Gasteiger partial charge on any atom is -0.478 e. The smallest absolute Gasteiger partial charge is 0.437 e. The van der Waals surface area contributed by atoms with E-state index in [0.29, 0.717) is 5.69 Å². The zero-order chi connectivity index (χ0) is 17.0. The molecule has 1 heterocycles. The minimum atomic E-state index is -1.86. The van der Waals surface area contributed by atoms with Gasteiger partial charge in [0.15, 0.2) is 6.10 Å². The maximum Gasteiger partial charge on any atom is 0.437 e. The molecule has 11 heteroatoms. The van der Waals surface area contributed by atoms with Gasteiger partial charge < -0.3 is 25.2 Å². The largest absolute Gasteiger partial charge is 0.478 e. The number of anilines is 1. The first kappa shape index (κ1) is 20.4. The average Bonchev–Trinajstić information content (AvgIpc) is 2.52. The number of hydrogen-bond donors (Lipinski definition) is 5. The number of ether oxygens (including phenoxy) is 1. The second-order valence-corrected chi connectivity index (χ2v) is 4.60. The van der Waals surface area contributed by atoms with Crippen LogP contribution in [-0.2, 0) is 14.4 Å². The predicted octanol–water partition coefficient (Wildman–Crippen LogP) is -1.27. The Hall–Kier alpha value is -1.69. The minimum absolute atomic E-state index is 0. The van der Waals surface area contributed by atoms with E-state index in [1.54, 1.807) is 30.3 Å². The predicted molar refractivity (Wildman–Crippen MR) is 80.3 cm³/mol. The molecule has 2 rings (SSSR count). The van der Waals surface area contributed by atoms with Gasteiger partial charge in [-0.2, -0.15) is 0 Å². The van der Waals surface area contributed by atoms with Crippen LogP contribution in [-0.4, -0.2) is 92.4 Å². The normalized spacial score (nSPS) is 27.5. The molecular formula is C13H14N2NaO8. The van der Waals surface area contributed by atoms with Crippen LogP contribution < -0.4 is 5.32 Å². The van der Waals surface area contributed by atoms with Gasteiger partial charge in [0.1, 0.15) is 12.2 Å². The van der Waals surface area contributed by atoms with Crippen LogP contribution in [0.5, 0.6) is 0 Å². The quantitative estimate of drug-likeness (QED) is 0.257. The van der Waals surface area contributed by atoms with Gasteiger partial charge in [-0.25, -0.2) is 9.59 Å². The van der Waals surface area contributed by atoms with Crippen LogP contribution in [0.2, 0.25) is 0 Å². The Morgan fingerprint density at radius 3 is 2.33 bits per heavy atom. The molecule has 0 saturated carbocycles. The molecule has 1 aromatic carbocycles. The van der Waals surface area contributed by atoms with Crippen LogP contribution in [0, 0.1) is 0 Å². The number of aliphatic hydroxyl groups excluding tert-OH is 3. The fraction of sp³-hybridized carbons (Fsp3) is 0.308. The zero-order valence-corrected chi connectivity index (χ0v) is 14.6. The number of nitrogens with zero attached hydrogens (tertiary/aromatic N) is 1. The number of hydrogen-bond acceptors (Lipinski definition) is 8. The number of carboxylic acids is 1. The number of rotatable bonds is 3. The summed E-state index contributed by atoms with van der Waals surface area (Å²) in [6.45, 7) is 0. The summed E-state index contributed by atoms with van der Waals surface area (Å²) in [6.07, 6.45) is -8.44. The van der Waals surface area contributed by atoms with Crippen LogP contribution in [0.3, 0.4) is 0 Å². The van der Waals surface area contributed by atoms with E-state index in [1.807, 2.05) is 0 Å². The molecule has 0 bridgehead atoms. The Morgan fingerprint density at radius 2 is 1.75 bits per heavy atom. The second kappa shape index (κ2) is 8.97. The Bertz CT molecular complexity index is 611. The summed E-state index contributed by atoms with van der Waals surface area (Å²) < 4.78 is 4.73. The summed E-state index contributed by atoms with van der Waals surface area (Å²) in [5, 5.41) is 43.0. The SMILES string of the molecule is O=C(Nc1ccccc1)O/N=C1\O[C@H](C(=O)O)[C@@H](O)[C@H](O)[C@H]1O.[Na]. The van der Waals surface area contributed by atoms with Crippen LogP contribution >= 0.6 is 0 Å². The van der Waals surface area contributed by atoms with Crippen molar-refractivity contribution in [3.63, 3.8) is 0 Å². The van der Waals surface area contributed by atoms with Crippen molar-refractivity contribution in [2.24, 2.45) is 5.16 Å². The number of nitrogens with one attached hydrogen (secondary N) is 1. The molecule has 4 atom stereocenters. The Morgan fingerprint density at radius 1 is 1.12 bits per heavy atom. The van der Waals surface area contributed by atoms with E-state index < -0.39 is 42.4 Å². The van der Waals surface area contributed by atoms with Gasteiger partial charge in [-0.05, 0) is 17.3 Å². The molecule has 0 spiro atoms. The molecule has 1 aromatic rings. The Labute approximate surface area is 158 Å². The van der Waals surface area contributed by atoms with E-state index >= 15 is 0 Å². The molecule has 0 aromatic heterocycles. The maximum absolute atomic E-state index is 11.5. The fourth-order valence-corrected chi connectivity index (χ4v) is 1.80. The molecule has 1 aliphatic rings. The van der Waals surface area contributed by atoms with Crippen molar-refractivity contribution in [3.05, 3.63) is 30.3 Å². The zero-order valence-electron chi connectivity index (χ0n) is 12.6. The molecule has 1 saturated heterocycles. The van der Waals surface area contributed by atoms with Crippen LogP contribution in [0.4, 0.5) is 10.5 Å². The van der Waals surface area contributed by atoms with E-state index in [9.17, 15) is 24.9 Å². The summed E-state index contributed by atoms with van der Waals surface area (Å²) in [4.78, 5) is 26.8. The van der Waals surface area contributed by atoms with Crippen molar-refractivity contribution >= 4 is 53.2 Å². The van der Waals surface area contributed by atoms with E-state index in [2.05, 4.69) is 15.3 Å². The van der Waals surface area contributed by atoms with Gasteiger partial charge in [-0.3, -0.25) is 10.2 Å². The molecule has 1 fully saturated rings. The first-order chi connectivity index (χ1) is 10.9. The van der Waals surface area contributed by atoms with Crippen molar-refractivity contribution in [1.29, 1.82) is 0 Å². The van der Waals surface area contributed by atoms with Crippen molar-refractivity contribution in [3.8, 4) is 0 Å². The molecule has 10 nitrogen and oxygen atoms in total. The third-order valence-electron chi connectivity index (χ3n) is 2.97. The van der Waals surface area contributed by atoms with Gasteiger partial charge >= 0.3 is 12.1 Å². The maximum atomic E-state index is 11.5. The number of aliphatic carboxylic acids is 1. The summed E-state index contributed by atoms with van der Waals surface area (Å²) in [6, 6.07) is 8.25. The van der Waals surface area contributed by atoms with Crippen molar-refractivity contribution in [1.82, 2.24) is 0 Å². The molecule has 0 aliphatic carbocycles. The summed E-state index contributed by atoms with van der Waals surface area (Å²) in [5.74, 6) is -2.32. The standard InChI is InChI=1S/C13H14N2O8.Na/c16-7-8(17)10(12(19)20)22-11(9(7)18)15-23-13(21)14-6-4-2-1-3-5-6;/h1-5,7-10,16-18H,(H,14,21)(H,19,20);/b15-11-;/t7-,8-,9+,10-;/m0./s1. The second-order valence-electron chi connectivity index (χ2n) is 4.60. The first-order valence-electron chi connectivity index (χ1n) is 6.44. The average molecular weight is 349 g/mol. The van der Waals surface area contributed by atoms with Gasteiger partial charge in [0.2, 0.25) is 6.10 Å². The van der Waals surface area contributed by atoms with Gasteiger partial charge in [0.25, 0.3) is 5.90 Å². The third kappa shape index (κ3) is 4.90. The first-order valence-corrected chi connectivity index (χ1v) is 6.44. The monoisotopic (exact) mass is 349 g/mol. The number of carbonyl (C=O) groups excluding carboxylic acids is 1. The Kier molecular flexibility index (Phi) is 7.60. The van der Waals surface area contributed by atoms with Gasteiger partial charge in [-0.15, -0.1) is 0 Å². The fourth-order valence-electron chi connectivity index (χ4n) is 1.80. The molecule has 0 unspecified atom stereocenters. The summed E-state index contributed by atoms with van der Waals surface area (Å²) in [5.41, 5.74) is 0.418. The molecule has 1 radical (unpaired) electrons. The van der Waals surface area contributed by atoms with Gasteiger partial charge in [0.05, 0.1) is 0 Å². The van der Waals surface area contributed by atoms with Gasteiger partial charge in [-0.1, -0.05) is 18.2 Å². The van der Waals surface area contributed by atoms with Crippen LogP contribution in [0.15, 0.2) is 35.5 Å². The molecule has 24 heavy (non-hydrogen) atoms. The number of oxime groups is 1. The van der Waals surface area contributed by atoms with Crippen molar-refractivity contribution in [2.45, 2.75) is 24.4 Å². The van der Waals surface area contributed by atoms with Crippen LogP contribution in [0.25, 0.3) is 0 Å². The van der Waals surface area contributed by atoms with E-state index in [0.717, 1.165) is 0 Å². The van der Waals surface area contributed by atoms with Gasteiger partial charge in [0, 0.05) is 35.2 Å². The van der Waals surface area contributed by atoms with E-state index in [1.165, 1.54) is 0 Å². The van der Waals surface area contributed by atoms with E-state index in [-0.39, 0.29) is 29.6 Å². The number of carbonyl (C=O) groups is 2. The van der Waals surface area contributed by atoms with Crippen LogP contribution in [0.1, 0.15) is 0 Å². The topological polar surface area (TPSA) is 158 Å². The number of carboxylic acid groups (broad SMARTS) is 1. The number of amides is 1. The number of para-hydroxylation sites is 1. The third-order valence-corrected chi connectivity index (χ3v) is 2.97. The molecule has 1 aliphatic heterocycles. The number of aliphatic hydroxyl groups is 3. The summed E-state index contributed by atoms with van der Waals surface area (Å²) >= 11 is 0. The number of benzene rings is 1. The molecular weight excluding hydrogens is 335 g/mol. The molecule has 125 valence electrons. The summed E-state index contributed by atoms with van der Waals surface area (Å²) in [7, 11) is 0. The van der Waals surface area contributed by atoms with Crippen molar-refractivity contribution in [2.75, 3.05) is 5.32 Å². The molecule has 5 N–H and O–H groups in total. The van der Waals surface area contributed by atoms with E-state index in [4.69, 9.17) is 9.84 Å². The van der Waals surface area contributed by atoms with Crippen molar-refractivity contribution < 1.29 is 39.6 Å². The molecule has 1 amide bonds. The Balaban J connectivity index is 0.00000288.